The molecule has 0 aliphatic carbocycles. The van der Waals surface area contributed by atoms with Gasteiger partial charge in [0.15, 0.2) is 11.6 Å². The first-order valence-corrected chi connectivity index (χ1v) is 7.11. The van der Waals surface area contributed by atoms with Gasteiger partial charge in [0.25, 0.3) is 0 Å². The molecule has 1 aromatic carbocycles. The van der Waals surface area contributed by atoms with Crippen LogP contribution in [0.15, 0.2) is 18.2 Å². The molecule has 0 saturated heterocycles. The fraction of sp³-hybridized carbons (Fsp3) is 0.562. The Hall–Kier alpha value is -1.62. The molecule has 1 unspecified atom stereocenters. The minimum absolute atomic E-state index is 0.00288. The van der Waals surface area contributed by atoms with E-state index in [4.69, 9.17) is 4.74 Å². The van der Waals surface area contributed by atoms with Crippen molar-refractivity contribution in [2.75, 3.05) is 13.7 Å². The first kappa shape index (κ1) is 17.4. The van der Waals surface area contributed by atoms with Crippen LogP contribution in [0.5, 0.6) is 5.75 Å². The van der Waals surface area contributed by atoms with Crippen molar-refractivity contribution in [2.24, 2.45) is 0 Å². The van der Waals surface area contributed by atoms with Gasteiger partial charge in [-0.1, -0.05) is 6.07 Å². The zero-order chi connectivity index (χ0) is 16.0. The average molecular weight is 296 g/mol. The molecule has 0 aromatic heterocycles. The molecule has 5 heteroatoms. The summed E-state index contributed by atoms with van der Waals surface area (Å²) < 4.78 is 18.5. The number of rotatable bonds is 6. The molecule has 4 nitrogen and oxygen atoms in total. The Morgan fingerprint density at radius 3 is 2.57 bits per heavy atom. The molecule has 1 amide bonds. The maximum Gasteiger partial charge on any atom is 0.221 e. The maximum absolute atomic E-state index is 13.6. The monoisotopic (exact) mass is 296 g/mol. The summed E-state index contributed by atoms with van der Waals surface area (Å²) in [6.07, 6.45) is 0.389. The summed E-state index contributed by atoms with van der Waals surface area (Å²) in [6.45, 7) is 8.31. The molecule has 0 fully saturated rings. The van der Waals surface area contributed by atoms with Gasteiger partial charge in [-0.05, 0) is 45.4 Å². The predicted octanol–water partition coefficient (Wildman–Crippen LogP) is 2.79. The van der Waals surface area contributed by atoms with Gasteiger partial charge in [0, 0.05) is 24.5 Å². The van der Waals surface area contributed by atoms with Crippen LogP contribution in [-0.2, 0) is 4.79 Å². The van der Waals surface area contributed by atoms with Gasteiger partial charge in [-0.15, -0.1) is 0 Å². The van der Waals surface area contributed by atoms with Crippen LogP contribution >= 0.6 is 0 Å². The Labute approximate surface area is 126 Å². The number of nitrogens with one attached hydrogen (secondary N) is 2. The minimum Gasteiger partial charge on any atom is -0.494 e. The van der Waals surface area contributed by atoms with Crippen LogP contribution in [0.3, 0.4) is 0 Å². The molecule has 1 rings (SSSR count). The molecular formula is C16H25FN2O2. The SMILES string of the molecule is COc1ccc(C(C)NCCC(=O)NC(C)(C)C)cc1F. The highest BCUT2D eigenvalue weighted by molar-refractivity contribution is 5.76. The normalized spacial score (nSPS) is 12.9. The van der Waals surface area contributed by atoms with Crippen molar-refractivity contribution in [3.63, 3.8) is 0 Å². The highest BCUT2D eigenvalue weighted by atomic mass is 19.1. The molecule has 1 atom stereocenters. The fourth-order valence-electron chi connectivity index (χ4n) is 1.95. The van der Waals surface area contributed by atoms with Crippen LogP contribution < -0.4 is 15.4 Å². The van der Waals surface area contributed by atoms with E-state index in [2.05, 4.69) is 10.6 Å². The largest absolute Gasteiger partial charge is 0.494 e. The first-order valence-electron chi connectivity index (χ1n) is 7.11. The summed E-state index contributed by atoms with van der Waals surface area (Å²) in [4.78, 5) is 11.7. The fourth-order valence-corrected chi connectivity index (χ4v) is 1.95. The molecule has 0 aliphatic rings. The Bertz CT molecular complexity index is 484. The van der Waals surface area contributed by atoms with Crippen LogP contribution in [0.25, 0.3) is 0 Å². The van der Waals surface area contributed by atoms with Crippen molar-refractivity contribution < 1.29 is 13.9 Å². The van der Waals surface area contributed by atoms with Crippen LogP contribution in [0, 0.1) is 5.82 Å². The number of halogens is 1. The predicted molar refractivity (Wildman–Crippen MR) is 81.9 cm³/mol. The zero-order valence-electron chi connectivity index (χ0n) is 13.4. The Kier molecular flexibility index (Phi) is 6.15. The van der Waals surface area contributed by atoms with Gasteiger partial charge in [0.2, 0.25) is 5.91 Å². The molecule has 0 radical (unpaired) electrons. The smallest absolute Gasteiger partial charge is 0.221 e. The van der Waals surface area contributed by atoms with Crippen molar-refractivity contribution in [3.8, 4) is 5.75 Å². The highest BCUT2D eigenvalue weighted by Crippen LogP contribution is 2.21. The van der Waals surface area contributed by atoms with Crippen LogP contribution in [0.2, 0.25) is 0 Å². The van der Waals surface area contributed by atoms with Crippen LogP contribution in [0.4, 0.5) is 4.39 Å². The summed E-state index contributed by atoms with van der Waals surface area (Å²) in [6, 6.07) is 4.84. The van der Waals surface area contributed by atoms with Crippen molar-refractivity contribution in [2.45, 2.75) is 45.7 Å². The van der Waals surface area contributed by atoms with Crippen LogP contribution in [-0.4, -0.2) is 25.1 Å². The second-order valence-corrected chi connectivity index (χ2v) is 6.12. The van der Waals surface area contributed by atoms with Crippen molar-refractivity contribution in [1.82, 2.24) is 10.6 Å². The highest BCUT2D eigenvalue weighted by Gasteiger charge is 2.14. The second kappa shape index (κ2) is 7.41. The minimum atomic E-state index is -0.380. The molecule has 0 heterocycles. The van der Waals surface area contributed by atoms with E-state index in [1.54, 1.807) is 6.07 Å². The van der Waals surface area contributed by atoms with Gasteiger partial charge in [0.05, 0.1) is 7.11 Å². The third-order valence-electron chi connectivity index (χ3n) is 2.99. The number of ether oxygens (including phenoxy) is 1. The Morgan fingerprint density at radius 1 is 1.38 bits per heavy atom. The number of carbonyl (C=O) groups is 1. The first-order chi connectivity index (χ1) is 9.73. The molecule has 0 bridgehead atoms. The average Bonchev–Trinajstić information content (AvgIpc) is 2.36. The third kappa shape index (κ3) is 6.12. The van der Waals surface area contributed by atoms with E-state index in [0.717, 1.165) is 5.56 Å². The van der Waals surface area contributed by atoms with E-state index in [9.17, 15) is 9.18 Å². The van der Waals surface area contributed by atoms with Gasteiger partial charge < -0.3 is 15.4 Å². The summed E-state index contributed by atoms with van der Waals surface area (Å²) in [5, 5.41) is 6.11. The van der Waals surface area contributed by atoms with E-state index in [-0.39, 0.29) is 29.1 Å². The van der Waals surface area contributed by atoms with Gasteiger partial charge in [-0.3, -0.25) is 4.79 Å². The molecule has 2 N–H and O–H groups in total. The lowest BCUT2D eigenvalue weighted by Gasteiger charge is -2.21. The zero-order valence-corrected chi connectivity index (χ0v) is 13.4. The summed E-state index contributed by atoms with van der Waals surface area (Å²) in [7, 11) is 1.44. The van der Waals surface area contributed by atoms with Crippen molar-refractivity contribution >= 4 is 5.91 Å². The van der Waals surface area contributed by atoms with E-state index < -0.39 is 0 Å². The third-order valence-corrected chi connectivity index (χ3v) is 2.99. The number of carbonyl (C=O) groups excluding carboxylic acids is 1. The van der Waals surface area contributed by atoms with Crippen molar-refractivity contribution in [1.29, 1.82) is 0 Å². The Morgan fingerprint density at radius 2 is 2.05 bits per heavy atom. The number of benzene rings is 1. The van der Waals surface area contributed by atoms with E-state index in [1.165, 1.54) is 13.2 Å². The van der Waals surface area contributed by atoms with E-state index in [0.29, 0.717) is 13.0 Å². The molecule has 1 aromatic rings. The van der Waals surface area contributed by atoms with Gasteiger partial charge in [-0.2, -0.15) is 0 Å². The maximum atomic E-state index is 13.6. The summed E-state index contributed by atoms with van der Waals surface area (Å²) >= 11 is 0. The quantitative estimate of drug-likeness (QED) is 0.848. The van der Waals surface area contributed by atoms with E-state index >= 15 is 0 Å². The molecule has 21 heavy (non-hydrogen) atoms. The summed E-state index contributed by atoms with van der Waals surface area (Å²) in [5.41, 5.74) is 0.603. The van der Waals surface area contributed by atoms with Crippen molar-refractivity contribution in [3.05, 3.63) is 29.6 Å². The lowest BCUT2D eigenvalue weighted by Crippen LogP contribution is -2.41. The number of methoxy groups -OCH3 is 1. The number of hydrogen-bond acceptors (Lipinski definition) is 3. The molecule has 0 saturated carbocycles. The van der Waals surface area contributed by atoms with E-state index in [1.807, 2.05) is 33.8 Å². The lowest BCUT2D eigenvalue weighted by molar-refractivity contribution is -0.122. The lowest BCUT2D eigenvalue weighted by atomic mass is 10.1. The number of amides is 1. The Balaban J connectivity index is 2.45. The van der Waals surface area contributed by atoms with Gasteiger partial charge in [-0.25, -0.2) is 4.39 Å². The molecule has 118 valence electrons. The molecular weight excluding hydrogens is 271 g/mol. The number of hydrogen-bond donors (Lipinski definition) is 2. The topological polar surface area (TPSA) is 50.4 Å². The standard InChI is InChI=1S/C16H25FN2O2/c1-11(12-6-7-14(21-5)13(17)10-12)18-9-8-15(20)19-16(2,3)4/h6-7,10-11,18H,8-9H2,1-5H3,(H,19,20). The van der Waals surface area contributed by atoms with Gasteiger partial charge >= 0.3 is 0 Å². The molecule has 0 aliphatic heterocycles. The van der Waals surface area contributed by atoms with Gasteiger partial charge in [0.1, 0.15) is 0 Å². The molecule has 0 spiro atoms. The van der Waals surface area contributed by atoms with Crippen LogP contribution in [0.1, 0.15) is 45.7 Å². The second-order valence-electron chi connectivity index (χ2n) is 6.12. The summed E-state index contributed by atoms with van der Waals surface area (Å²) in [5.74, 6) is -0.146.